The zero-order valence-electron chi connectivity index (χ0n) is 47.5. The van der Waals surface area contributed by atoms with E-state index in [1.54, 1.807) is 0 Å². The molecule has 0 bridgehead atoms. The summed E-state index contributed by atoms with van der Waals surface area (Å²) in [5.41, 5.74) is 0. The molecule has 0 aliphatic carbocycles. The number of rotatable bonds is 50. The topological polar surface area (TPSA) is 251 Å². The Kier molecular flexibility index (Phi) is 47.1. The number of carbonyl (C=O) groups is 7. The molecule has 444 valence electrons. The molecule has 0 fully saturated rings. The highest BCUT2D eigenvalue weighted by Crippen LogP contribution is 2.14. The van der Waals surface area contributed by atoms with Crippen molar-refractivity contribution in [2.45, 2.75) is 195 Å². The van der Waals surface area contributed by atoms with Crippen LogP contribution in [0, 0.1) is 0 Å². The zero-order chi connectivity index (χ0) is 56.4. The maximum absolute atomic E-state index is 12.8. The summed E-state index contributed by atoms with van der Waals surface area (Å²) in [5.74, 6) is -1.97. The van der Waals surface area contributed by atoms with E-state index in [1.807, 2.05) is 37.6 Å². The van der Waals surface area contributed by atoms with Crippen molar-refractivity contribution in [2.75, 3.05) is 112 Å². The Morgan fingerprint density at radius 1 is 0.355 bits per heavy atom. The van der Waals surface area contributed by atoms with Crippen LogP contribution in [0.4, 0.5) is 14.4 Å². The average Bonchev–Trinajstić information content (AvgIpc) is 3.40. The van der Waals surface area contributed by atoms with Gasteiger partial charge >= 0.3 is 42.3 Å². The average molecular weight is 1090 g/mol. The first-order valence-electron chi connectivity index (χ1n) is 28.3. The summed E-state index contributed by atoms with van der Waals surface area (Å²) in [6, 6.07) is 0. The minimum absolute atomic E-state index is 0.0189. The number of carbonyl (C=O) groups excluding carboxylic acids is 7. The molecular weight excluding hydrogens is 995 g/mol. The summed E-state index contributed by atoms with van der Waals surface area (Å²) in [6.45, 7) is 14.6. The van der Waals surface area contributed by atoms with Crippen LogP contribution < -0.4 is 0 Å². The molecule has 3 atom stereocenters. The van der Waals surface area contributed by atoms with Crippen LogP contribution in [0.1, 0.15) is 176 Å². The van der Waals surface area contributed by atoms with E-state index >= 15 is 0 Å². The highest BCUT2D eigenvalue weighted by atomic mass is 17.1. The molecule has 0 radical (unpaired) electrons. The fourth-order valence-electron chi connectivity index (χ4n) is 7.65. The quantitative estimate of drug-likeness (QED) is 0.0196. The van der Waals surface area contributed by atoms with Gasteiger partial charge in [-0.25, -0.2) is 19.3 Å². The molecule has 22 nitrogen and oxygen atoms in total. The summed E-state index contributed by atoms with van der Waals surface area (Å²) in [5, 5.41) is 8.55. The van der Waals surface area contributed by atoms with E-state index < -0.39 is 42.3 Å². The lowest BCUT2D eigenvalue weighted by atomic mass is 10.1. The third-order valence-electron chi connectivity index (χ3n) is 12.2. The van der Waals surface area contributed by atoms with Crippen LogP contribution in [-0.2, 0) is 71.4 Å². The van der Waals surface area contributed by atoms with Gasteiger partial charge in [0.05, 0.1) is 25.7 Å². The van der Waals surface area contributed by atoms with Crippen LogP contribution in [0.2, 0.25) is 0 Å². The van der Waals surface area contributed by atoms with Crippen molar-refractivity contribution in [1.82, 2.24) is 14.7 Å². The van der Waals surface area contributed by atoms with Crippen LogP contribution in [-0.4, -0.2) is 193 Å². The smallest absolute Gasteiger partial charge is 0.463 e. The summed E-state index contributed by atoms with van der Waals surface area (Å²) in [4.78, 5) is 97.0. The predicted octanol–water partition coefficient (Wildman–Crippen LogP) is 9.06. The van der Waals surface area contributed by atoms with Crippen molar-refractivity contribution in [2.24, 2.45) is 0 Å². The number of esters is 4. The Labute approximate surface area is 453 Å². The molecule has 0 saturated carbocycles. The van der Waals surface area contributed by atoms with Gasteiger partial charge in [0.25, 0.3) is 0 Å². The molecule has 0 heterocycles. The summed E-state index contributed by atoms with van der Waals surface area (Å²) in [6.07, 6.45) is 11.9. The number of hydrogen-bond donors (Lipinski definition) is 1. The Bertz CT molecular complexity index is 1450. The zero-order valence-corrected chi connectivity index (χ0v) is 47.5. The fourth-order valence-corrected chi connectivity index (χ4v) is 7.65. The second-order valence-electron chi connectivity index (χ2n) is 18.6. The highest BCUT2D eigenvalue weighted by Gasteiger charge is 2.19. The minimum atomic E-state index is -0.797. The Balaban J connectivity index is 5.26. The first-order chi connectivity index (χ1) is 36.7. The third kappa shape index (κ3) is 43.6. The Morgan fingerprint density at radius 2 is 0.632 bits per heavy atom. The molecule has 0 aromatic heterocycles. The van der Waals surface area contributed by atoms with Crippen LogP contribution in [0.5, 0.6) is 0 Å². The van der Waals surface area contributed by atoms with Crippen molar-refractivity contribution in [1.29, 1.82) is 0 Å². The van der Waals surface area contributed by atoms with E-state index in [2.05, 4.69) is 30.6 Å². The second kappa shape index (κ2) is 50.0. The van der Waals surface area contributed by atoms with Gasteiger partial charge < -0.3 is 62.1 Å². The van der Waals surface area contributed by atoms with Crippen molar-refractivity contribution in [3.63, 3.8) is 0 Å². The molecule has 76 heavy (non-hydrogen) atoms. The molecule has 0 spiro atoms. The van der Waals surface area contributed by atoms with Crippen molar-refractivity contribution >= 4 is 42.3 Å². The lowest BCUT2D eigenvalue weighted by Crippen LogP contribution is -2.34. The van der Waals surface area contributed by atoms with Gasteiger partial charge in [-0.05, 0) is 104 Å². The van der Waals surface area contributed by atoms with Crippen LogP contribution in [0.3, 0.4) is 0 Å². The van der Waals surface area contributed by atoms with E-state index in [0.717, 1.165) is 77.0 Å². The van der Waals surface area contributed by atoms with Crippen LogP contribution in [0.15, 0.2) is 0 Å². The maximum atomic E-state index is 12.8. The first-order valence-corrected chi connectivity index (χ1v) is 28.3. The van der Waals surface area contributed by atoms with Crippen LogP contribution >= 0.6 is 0 Å². The van der Waals surface area contributed by atoms with Gasteiger partial charge in [0, 0.05) is 26.2 Å². The van der Waals surface area contributed by atoms with Crippen LogP contribution in [0.25, 0.3) is 0 Å². The summed E-state index contributed by atoms with van der Waals surface area (Å²) in [7, 11) is 1.97. The van der Waals surface area contributed by atoms with Gasteiger partial charge in [-0.1, -0.05) is 80.1 Å². The first kappa shape index (κ1) is 71.5. The molecule has 0 aliphatic rings. The number of ether oxygens (including phenoxy) is 10. The SMILES string of the molecule is CCCCCC(CC)OC(=O)OCCOC(=O)CCN(CCCN(C)CCCN(CCC(=O)OCCOC(=O)OC(CC)CCCCC)CCC(=O)OCCOC(=O)OC(CC)CCCCC)CCC(=O)OCCOO. The third-order valence-corrected chi connectivity index (χ3v) is 12.2. The molecule has 0 aliphatic heterocycles. The van der Waals surface area contributed by atoms with Gasteiger partial charge in [-0.3, -0.25) is 24.4 Å². The lowest BCUT2D eigenvalue weighted by Gasteiger charge is -2.25. The second-order valence-corrected chi connectivity index (χ2v) is 18.6. The van der Waals surface area contributed by atoms with E-state index in [-0.39, 0.29) is 110 Å². The van der Waals surface area contributed by atoms with E-state index in [9.17, 15) is 33.6 Å². The molecule has 0 rings (SSSR count). The maximum Gasteiger partial charge on any atom is 0.508 e. The van der Waals surface area contributed by atoms with Gasteiger partial charge in [0.15, 0.2) is 0 Å². The molecule has 3 unspecified atom stereocenters. The summed E-state index contributed by atoms with van der Waals surface area (Å²) < 4.78 is 52.5. The Morgan fingerprint density at radius 3 is 0.895 bits per heavy atom. The van der Waals surface area contributed by atoms with Gasteiger partial charge in [0.2, 0.25) is 0 Å². The summed E-state index contributed by atoms with van der Waals surface area (Å²) >= 11 is 0. The lowest BCUT2D eigenvalue weighted by molar-refractivity contribution is -0.248. The van der Waals surface area contributed by atoms with E-state index in [0.29, 0.717) is 71.4 Å². The fraction of sp³-hybridized carbons (Fsp3) is 0.870. The van der Waals surface area contributed by atoms with Crippen molar-refractivity contribution < 1.29 is 91.1 Å². The number of hydrogen-bond acceptors (Lipinski definition) is 22. The predicted molar refractivity (Wildman–Crippen MR) is 282 cm³/mol. The van der Waals surface area contributed by atoms with E-state index in [1.165, 1.54) is 0 Å². The van der Waals surface area contributed by atoms with Crippen molar-refractivity contribution in [3.8, 4) is 0 Å². The molecule has 0 amide bonds. The molecule has 0 aromatic rings. The number of nitrogens with zero attached hydrogens (tertiary/aromatic N) is 3. The monoisotopic (exact) mass is 1090 g/mol. The molecule has 1 N–H and O–H groups in total. The van der Waals surface area contributed by atoms with E-state index in [4.69, 9.17) is 52.6 Å². The Hall–Kier alpha value is -4.51. The van der Waals surface area contributed by atoms with Gasteiger partial charge in [0.1, 0.15) is 71.2 Å². The molecule has 0 aromatic carbocycles. The van der Waals surface area contributed by atoms with Crippen molar-refractivity contribution in [3.05, 3.63) is 0 Å². The molecular formula is C54H99N3O19. The molecule has 22 heteroatoms. The van der Waals surface area contributed by atoms with Gasteiger partial charge in [-0.2, -0.15) is 0 Å². The largest absolute Gasteiger partial charge is 0.508 e. The number of unbranched alkanes of at least 4 members (excludes halogenated alkanes) is 6. The molecule has 0 saturated heterocycles. The standard InChI is InChI=1S/C54H99N3O19/c1-8-14-17-22-45(11-4)74-52(62)70-40-37-66-48(58)25-33-56(34-26-49(59)67-38-41-71-53(63)75-46(12-5)23-18-15-9-2)31-20-29-55(7)30-21-32-57(36-28-51(61)69-43-44-73-65)35-27-50(60)68-39-42-72-54(64)76-47(13-6)24-19-16-10-3/h45-47,65H,8-44H2,1-7H3. The highest BCUT2D eigenvalue weighted by molar-refractivity contribution is 5.71. The van der Waals surface area contributed by atoms with Gasteiger partial charge in [-0.15, -0.1) is 0 Å². The minimum Gasteiger partial charge on any atom is -0.463 e. The normalized spacial score (nSPS) is 12.4.